The molecule has 1 fully saturated rings. The van der Waals surface area contributed by atoms with Crippen LogP contribution in [0.25, 0.3) is 0 Å². The number of benzene rings is 2. The van der Waals surface area contributed by atoms with Gasteiger partial charge in [-0.05, 0) is 42.5 Å². The Balaban J connectivity index is 1.68. The van der Waals surface area contributed by atoms with Crippen molar-refractivity contribution in [3.8, 4) is 11.8 Å². The van der Waals surface area contributed by atoms with Crippen LogP contribution in [-0.2, 0) is 9.59 Å². The molecule has 1 atom stereocenters. The molecule has 3 rings (SSSR count). The van der Waals surface area contributed by atoms with Gasteiger partial charge in [-0.2, -0.15) is 5.26 Å². The van der Waals surface area contributed by atoms with Gasteiger partial charge in [0.25, 0.3) is 0 Å². The Morgan fingerprint density at radius 3 is 2.65 bits per heavy atom. The molecule has 1 aliphatic rings. The molecule has 0 radical (unpaired) electrons. The second-order valence-corrected chi connectivity index (χ2v) is 6.31. The average molecular weight is 370 g/mol. The summed E-state index contributed by atoms with van der Waals surface area (Å²) in [5, 5.41) is 12.0. The Morgan fingerprint density at radius 2 is 2.04 bits per heavy atom. The van der Waals surface area contributed by atoms with Gasteiger partial charge < -0.3 is 15.0 Å². The number of nitrogens with zero attached hydrogens (tertiary/aromatic N) is 2. The molecule has 7 heteroatoms. The number of nitrogens with one attached hydrogen (secondary N) is 1. The first kappa shape index (κ1) is 17.8. The standard InChI is InChI=1S/C19H16ClN3O3/c1-26-17-7-4-14(9-16(17)20)22-19(25)13-8-18(24)23(11-13)15-5-2-12(10-21)3-6-15/h2-7,9,13H,8,11H2,1H3,(H,22,25). The van der Waals surface area contributed by atoms with Crippen molar-refractivity contribution in [2.45, 2.75) is 6.42 Å². The smallest absolute Gasteiger partial charge is 0.229 e. The summed E-state index contributed by atoms with van der Waals surface area (Å²) in [7, 11) is 1.52. The van der Waals surface area contributed by atoms with Crippen LogP contribution in [0.2, 0.25) is 5.02 Å². The van der Waals surface area contributed by atoms with Crippen LogP contribution < -0.4 is 15.0 Å². The summed E-state index contributed by atoms with van der Waals surface area (Å²) in [5.74, 6) is -0.301. The van der Waals surface area contributed by atoms with E-state index in [-0.39, 0.29) is 18.2 Å². The number of halogens is 1. The third kappa shape index (κ3) is 3.63. The molecule has 2 aromatic carbocycles. The highest BCUT2D eigenvalue weighted by atomic mass is 35.5. The number of hydrogen-bond acceptors (Lipinski definition) is 4. The Labute approximate surface area is 155 Å². The van der Waals surface area contributed by atoms with Gasteiger partial charge in [-0.15, -0.1) is 0 Å². The molecule has 1 aliphatic heterocycles. The molecule has 0 bridgehead atoms. The molecule has 26 heavy (non-hydrogen) atoms. The van der Waals surface area contributed by atoms with Crippen LogP contribution in [0, 0.1) is 17.2 Å². The molecule has 1 N–H and O–H groups in total. The number of nitriles is 1. The fourth-order valence-corrected chi connectivity index (χ4v) is 3.09. The van der Waals surface area contributed by atoms with Gasteiger partial charge in [0.1, 0.15) is 5.75 Å². The lowest BCUT2D eigenvalue weighted by Gasteiger charge is -2.17. The molecule has 2 aromatic rings. The van der Waals surface area contributed by atoms with Crippen LogP contribution in [-0.4, -0.2) is 25.5 Å². The lowest BCUT2D eigenvalue weighted by atomic mass is 10.1. The van der Waals surface area contributed by atoms with Crippen molar-refractivity contribution in [3.05, 3.63) is 53.1 Å². The number of amides is 2. The second kappa shape index (κ2) is 7.46. The van der Waals surface area contributed by atoms with Crippen molar-refractivity contribution in [1.82, 2.24) is 0 Å². The lowest BCUT2D eigenvalue weighted by Crippen LogP contribution is -2.28. The fraction of sp³-hybridized carbons (Fsp3) is 0.211. The van der Waals surface area contributed by atoms with Crippen molar-refractivity contribution in [3.63, 3.8) is 0 Å². The second-order valence-electron chi connectivity index (χ2n) is 5.90. The minimum Gasteiger partial charge on any atom is -0.495 e. The lowest BCUT2D eigenvalue weighted by molar-refractivity contribution is -0.122. The number of anilines is 2. The summed E-state index contributed by atoms with van der Waals surface area (Å²) in [6.45, 7) is 0.292. The summed E-state index contributed by atoms with van der Waals surface area (Å²) < 4.78 is 5.08. The van der Waals surface area contributed by atoms with Crippen molar-refractivity contribution in [2.75, 3.05) is 23.9 Å². The molecule has 1 saturated heterocycles. The van der Waals surface area contributed by atoms with E-state index in [4.69, 9.17) is 21.6 Å². The number of ether oxygens (including phenoxy) is 1. The number of rotatable bonds is 4. The monoisotopic (exact) mass is 369 g/mol. The maximum Gasteiger partial charge on any atom is 0.229 e. The maximum absolute atomic E-state index is 12.5. The third-order valence-electron chi connectivity index (χ3n) is 4.22. The van der Waals surface area contributed by atoms with Crippen molar-refractivity contribution < 1.29 is 14.3 Å². The normalized spacial score (nSPS) is 16.3. The van der Waals surface area contributed by atoms with E-state index < -0.39 is 5.92 Å². The van der Waals surface area contributed by atoms with Crippen LogP contribution in [0.3, 0.4) is 0 Å². The van der Waals surface area contributed by atoms with Crippen molar-refractivity contribution >= 4 is 34.8 Å². The van der Waals surface area contributed by atoms with Gasteiger partial charge in [-0.25, -0.2) is 0 Å². The predicted octanol–water partition coefficient (Wildman–Crippen LogP) is 3.21. The number of carbonyl (C=O) groups excluding carboxylic acids is 2. The molecule has 132 valence electrons. The van der Waals surface area contributed by atoms with Crippen molar-refractivity contribution in [2.24, 2.45) is 5.92 Å². The molecular weight excluding hydrogens is 354 g/mol. The van der Waals surface area contributed by atoms with E-state index in [2.05, 4.69) is 5.32 Å². The predicted molar refractivity (Wildman–Crippen MR) is 98.3 cm³/mol. The highest BCUT2D eigenvalue weighted by Gasteiger charge is 2.35. The minimum absolute atomic E-state index is 0.123. The van der Waals surface area contributed by atoms with E-state index in [1.54, 1.807) is 47.4 Å². The van der Waals surface area contributed by atoms with Gasteiger partial charge in [0.05, 0.1) is 29.7 Å². The Kier molecular flexibility index (Phi) is 5.10. The number of hydrogen-bond donors (Lipinski definition) is 1. The Bertz CT molecular complexity index is 890. The number of carbonyl (C=O) groups is 2. The topological polar surface area (TPSA) is 82.4 Å². The quantitative estimate of drug-likeness (QED) is 0.897. The molecule has 0 aromatic heterocycles. The summed E-state index contributed by atoms with van der Waals surface area (Å²) in [6.07, 6.45) is 0.135. The van der Waals surface area contributed by atoms with Gasteiger partial charge in [-0.3, -0.25) is 9.59 Å². The van der Waals surface area contributed by atoms with Crippen LogP contribution in [0.1, 0.15) is 12.0 Å². The van der Waals surface area contributed by atoms with E-state index in [9.17, 15) is 9.59 Å². The van der Waals surface area contributed by atoms with Gasteiger partial charge in [-0.1, -0.05) is 11.6 Å². The Morgan fingerprint density at radius 1 is 1.31 bits per heavy atom. The van der Waals surface area contributed by atoms with E-state index in [0.717, 1.165) is 0 Å². The first-order chi connectivity index (χ1) is 12.5. The van der Waals surface area contributed by atoms with E-state index >= 15 is 0 Å². The van der Waals surface area contributed by atoms with Crippen LogP contribution in [0.5, 0.6) is 5.75 Å². The first-order valence-electron chi connectivity index (χ1n) is 7.96. The van der Waals surface area contributed by atoms with Crippen LogP contribution in [0.4, 0.5) is 11.4 Å². The molecule has 0 aliphatic carbocycles. The average Bonchev–Trinajstić information content (AvgIpc) is 3.04. The molecule has 6 nitrogen and oxygen atoms in total. The fourth-order valence-electron chi connectivity index (χ4n) is 2.84. The molecule has 0 spiro atoms. The largest absolute Gasteiger partial charge is 0.495 e. The Hall–Kier alpha value is -3.04. The van der Waals surface area contributed by atoms with Gasteiger partial charge >= 0.3 is 0 Å². The summed E-state index contributed by atoms with van der Waals surface area (Å²) >= 11 is 6.06. The third-order valence-corrected chi connectivity index (χ3v) is 4.52. The molecule has 1 heterocycles. The molecule has 2 amide bonds. The van der Waals surface area contributed by atoms with Gasteiger partial charge in [0.2, 0.25) is 11.8 Å². The van der Waals surface area contributed by atoms with Crippen LogP contribution >= 0.6 is 11.6 Å². The van der Waals surface area contributed by atoms with Gasteiger partial charge in [0.15, 0.2) is 0 Å². The maximum atomic E-state index is 12.5. The zero-order chi connectivity index (χ0) is 18.7. The molecule has 1 unspecified atom stereocenters. The van der Waals surface area contributed by atoms with Crippen LogP contribution in [0.15, 0.2) is 42.5 Å². The van der Waals surface area contributed by atoms with E-state index in [1.165, 1.54) is 7.11 Å². The van der Waals surface area contributed by atoms with E-state index in [0.29, 0.717) is 34.3 Å². The zero-order valence-corrected chi connectivity index (χ0v) is 14.8. The highest BCUT2D eigenvalue weighted by molar-refractivity contribution is 6.32. The highest BCUT2D eigenvalue weighted by Crippen LogP contribution is 2.29. The van der Waals surface area contributed by atoms with Gasteiger partial charge in [0, 0.05) is 24.3 Å². The molecular formula is C19H16ClN3O3. The molecule has 0 saturated carbocycles. The summed E-state index contributed by atoms with van der Waals surface area (Å²) in [4.78, 5) is 26.3. The SMILES string of the molecule is COc1ccc(NC(=O)C2CC(=O)N(c3ccc(C#N)cc3)C2)cc1Cl. The van der Waals surface area contributed by atoms with Crippen molar-refractivity contribution in [1.29, 1.82) is 5.26 Å². The summed E-state index contributed by atoms with van der Waals surface area (Å²) in [6, 6.07) is 13.7. The minimum atomic E-state index is -0.459. The first-order valence-corrected chi connectivity index (χ1v) is 8.34. The summed E-state index contributed by atoms with van der Waals surface area (Å²) in [5.41, 5.74) is 1.74. The zero-order valence-electron chi connectivity index (χ0n) is 14.0. The number of methoxy groups -OCH3 is 1. The van der Waals surface area contributed by atoms with E-state index in [1.807, 2.05) is 6.07 Å².